The van der Waals surface area contributed by atoms with Gasteiger partial charge in [-0.15, -0.1) is 0 Å². The van der Waals surface area contributed by atoms with E-state index >= 15 is 0 Å². The van der Waals surface area contributed by atoms with E-state index in [2.05, 4.69) is 0 Å². The standard InChI is InChI=1S/C9H8F4O/c1-5-2-6(4-14)8(10)7(3-5)9(11,12)13/h2-3,14H,4H2,1H3. The molecule has 1 rings (SSSR count). The van der Waals surface area contributed by atoms with Crippen molar-refractivity contribution in [1.82, 2.24) is 0 Å². The number of hydrogen-bond donors (Lipinski definition) is 1. The topological polar surface area (TPSA) is 20.2 Å². The summed E-state index contributed by atoms with van der Waals surface area (Å²) in [4.78, 5) is 0. The van der Waals surface area contributed by atoms with Crippen LogP contribution in [-0.4, -0.2) is 5.11 Å². The summed E-state index contributed by atoms with van der Waals surface area (Å²) in [6.07, 6.45) is -4.72. The van der Waals surface area contributed by atoms with Crippen molar-refractivity contribution >= 4 is 0 Å². The van der Waals surface area contributed by atoms with Gasteiger partial charge in [-0.05, 0) is 18.6 Å². The molecule has 14 heavy (non-hydrogen) atoms. The van der Waals surface area contributed by atoms with E-state index in [9.17, 15) is 17.6 Å². The van der Waals surface area contributed by atoms with Crippen LogP contribution in [0.3, 0.4) is 0 Å². The number of aryl methyl sites for hydroxylation is 1. The quantitative estimate of drug-likeness (QED) is 0.703. The molecule has 0 amide bonds. The van der Waals surface area contributed by atoms with Gasteiger partial charge in [-0.25, -0.2) is 4.39 Å². The fourth-order valence-electron chi connectivity index (χ4n) is 1.17. The van der Waals surface area contributed by atoms with Crippen molar-refractivity contribution in [1.29, 1.82) is 0 Å². The van der Waals surface area contributed by atoms with E-state index in [0.717, 1.165) is 0 Å². The lowest BCUT2D eigenvalue weighted by atomic mass is 10.1. The molecule has 1 aromatic rings. The van der Waals surface area contributed by atoms with Gasteiger partial charge in [0.05, 0.1) is 12.2 Å². The Balaban J connectivity index is 3.37. The molecule has 0 atom stereocenters. The van der Waals surface area contributed by atoms with Crippen LogP contribution in [-0.2, 0) is 12.8 Å². The second-order valence-electron chi connectivity index (χ2n) is 2.94. The third-order valence-corrected chi connectivity index (χ3v) is 1.77. The molecule has 0 fully saturated rings. The number of benzene rings is 1. The third-order valence-electron chi connectivity index (χ3n) is 1.77. The largest absolute Gasteiger partial charge is 0.419 e. The van der Waals surface area contributed by atoms with Gasteiger partial charge in [0.25, 0.3) is 0 Å². The zero-order valence-corrected chi connectivity index (χ0v) is 7.32. The highest BCUT2D eigenvalue weighted by molar-refractivity contribution is 5.32. The second-order valence-corrected chi connectivity index (χ2v) is 2.94. The molecule has 0 radical (unpaired) electrons. The molecule has 0 aliphatic carbocycles. The van der Waals surface area contributed by atoms with Crippen LogP contribution >= 0.6 is 0 Å². The van der Waals surface area contributed by atoms with E-state index in [-0.39, 0.29) is 11.1 Å². The summed E-state index contributed by atoms with van der Waals surface area (Å²) in [5, 5.41) is 8.63. The first-order valence-corrected chi connectivity index (χ1v) is 3.83. The number of halogens is 4. The molecule has 78 valence electrons. The summed E-state index contributed by atoms with van der Waals surface area (Å²) in [6.45, 7) is 0.671. The highest BCUT2D eigenvalue weighted by atomic mass is 19.4. The average Bonchev–Trinajstić information content (AvgIpc) is 2.06. The van der Waals surface area contributed by atoms with Gasteiger partial charge in [0, 0.05) is 5.56 Å². The fourth-order valence-corrected chi connectivity index (χ4v) is 1.17. The number of aliphatic hydroxyl groups excluding tert-OH is 1. The van der Waals surface area contributed by atoms with E-state index in [1.165, 1.54) is 13.0 Å². The van der Waals surface area contributed by atoms with Gasteiger partial charge in [0.1, 0.15) is 5.82 Å². The number of alkyl halides is 3. The summed E-state index contributed by atoms with van der Waals surface area (Å²) in [5.41, 5.74) is -1.40. The van der Waals surface area contributed by atoms with Crippen molar-refractivity contribution in [2.75, 3.05) is 0 Å². The molecule has 0 heterocycles. The molecule has 0 aliphatic heterocycles. The summed E-state index contributed by atoms with van der Waals surface area (Å²) < 4.78 is 49.7. The van der Waals surface area contributed by atoms with E-state index in [4.69, 9.17) is 5.11 Å². The fraction of sp³-hybridized carbons (Fsp3) is 0.333. The number of aliphatic hydroxyl groups is 1. The molecular formula is C9H8F4O. The lowest BCUT2D eigenvalue weighted by Crippen LogP contribution is -2.10. The molecular weight excluding hydrogens is 200 g/mol. The number of hydrogen-bond acceptors (Lipinski definition) is 1. The molecule has 0 bridgehead atoms. The van der Waals surface area contributed by atoms with Gasteiger partial charge in [-0.3, -0.25) is 0 Å². The smallest absolute Gasteiger partial charge is 0.392 e. The van der Waals surface area contributed by atoms with Crippen molar-refractivity contribution in [3.63, 3.8) is 0 Å². The van der Waals surface area contributed by atoms with Crippen molar-refractivity contribution in [3.8, 4) is 0 Å². The van der Waals surface area contributed by atoms with Crippen LogP contribution in [0, 0.1) is 12.7 Å². The van der Waals surface area contributed by atoms with Crippen LogP contribution in [0.15, 0.2) is 12.1 Å². The van der Waals surface area contributed by atoms with Crippen molar-refractivity contribution in [2.24, 2.45) is 0 Å². The molecule has 0 aromatic heterocycles. The van der Waals surface area contributed by atoms with Gasteiger partial charge >= 0.3 is 6.18 Å². The molecule has 0 saturated heterocycles. The van der Waals surface area contributed by atoms with E-state index in [1.54, 1.807) is 0 Å². The zero-order chi connectivity index (χ0) is 10.9. The summed E-state index contributed by atoms with van der Waals surface area (Å²) in [6, 6.07) is 1.90. The molecule has 1 nitrogen and oxygen atoms in total. The Morgan fingerprint density at radius 2 is 1.86 bits per heavy atom. The van der Waals surface area contributed by atoms with Crippen molar-refractivity contribution < 1.29 is 22.7 Å². The normalized spacial score (nSPS) is 11.9. The molecule has 5 heteroatoms. The van der Waals surface area contributed by atoms with Crippen LogP contribution in [0.2, 0.25) is 0 Å². The van der Waals surface area contributed by atoms with Crippen LogP contribution in [0.25, 0.3) is 0 Å². The van der Waals surface area contributed by atoms with Gasteiger partial charge in [0.2, 0.25) is 0 Å². The van der Waals surface area contributed by atoms with Crippen LogP contribution in [0.1, 0.15) is 16.7 Å². The predicted octanol–water partition coefficient (Wildman–Crippen LogP) is 2.65. The maximum atomic E-state index is 13.1. The molecule has 0 aliphatic rings. The van der Waals surface area contributed by atoms with Crippen LogP contribution in [0.4, 0.5) is 17.6 Å². The van der Waals surface area contributed by atoms with Crippen LogP contribution < -0.4 is 0 Å². The monoisotopic (exact) mass is 208 g/mol. The SMILES string of the molecule is Cc1cc(CO)c(F)c(C(F)(F)F)c1. The van der Waals surface area contributed by atoms with Crippen LogP contribution in [0.5, 0.6) is 0 Å². The lowest BCUT2D eigenvalue weighted by molar-refractivity contribution is -0.140. The molecule has 0 spiro atoms. The maximum absolute atomic E-state index is 13.1. The van der Waals surface area contributed by atoms with E-state index in [1.807, 2.05) is 0 Å². The number of rotatable bonds is 1. The van der Waals surface area contributed by atoms with Gasteiger partial charge < -0.3 is 5.11 Å². The molecule has 1 N–H and O–H groups in total. The minimum Gasteiger partial charge on any atom is -0.392 e. The van der Waals surface area contributed by atoms with Gasteiger partial charge in [-0.2, -0.15) is 13.2 Å². The average molecular weight is 208 g/mol. The Labute approximate surface area is 78.0 Å². The Bertz CT molecular complexity index is 343. The lowest BCUT2D eigenvalue weighted by Gasteiger charge is -2.11. The van der Waals surface area contributed by atoms with Gasteiger partial charge in [-0.1, -0.05) is 6.07 Å². The van der Waals surface area contributed by atoms with Gasteiger partial charge in [0.15, 0.2) is 0 Å². The highest BCUT2D eigenvalue weighted by Crippen LogP contribution is 2.33. The third kappa shape index (κ3) is 2.04. The Morgan fingerprint density at radius 1 is 1.29 bits per heavy atom. The zero-order valence-electron chi connectivity index (χ0n) is 7.32. The first-order valence-electron chi connectivity index (χ1n) is 3.83. The highest BCUT2D eigenvalue weighted by Gasteiger charge is 2.35. The minimum atomic E-state index is -4.72. The summed E-state index contributed by atoms with van der Waals surface area (Å²) in [7, 11) is 0. The molecule has 1 aromatic carbocycles. The molecule has 0 saturated carbocycles. The second kappa shape index (κ2) is 3.57. The van der Waals surface area contributed by atoms with Crippen molar-refractivity contribution in [2.45, 2.75) is 19.7 Å². The first-order chi connectivity index (χ1) is 6.36. The Hall–Kier alpha value is -1.10. The Kier molecular flexibility index (Phi) is 2.80. The Morgan fingerprint density at radius 3 is 2.29 bits per heavy atom. The minimum absolute atomic E-state index is 0.266. The summed E-state index contributed by atoms with van der Waals surface area (Å²) in [5.74, 6) is -1.40. The van der Waals surface area contributed by atoms with E-state index < -0.39 is 24.2 Å². The van der Waals surface area contributed by atoms with Crippen molar-refractivity contribution in [3.05, 3.63) is 34.6 Å². The predicted molar refractivity (Wildman–Crippen MR) is 42.1 cm³/mol. The maximum Gasteiger partial charge on any atom is 0.419 e. The summed E-state index contributed by atoms with van der Waals surface area (Å²) >= 11 is 0. The first kappa shape index (κ1) is 11.0. The van der Waals surface area contributed by atoms with E-state index in [0.29, 0.717) is 6.07 Å². The molecule has 0 unspecified atom stereocenters.